The van der Waals surface area contributed by atoms with Crippen molar-refractivity contribution in [2.45, 2.75) is 23.8 Å². The van der Waals surface area contributed by atoms with Crippen LogP contribution in [-0.4, -0.2) is 43.5 Å². The Kier molecular flexibility index (Phi) is 5.33. The van der Waals surface area contributed by atoms with E-state index in [0.717, 1.165) is 31.7 Å². The molecule has 9 nitrogen and oxygen atoms in total. The number of urea groups is 1. The summed E-state index contributed by atoms with van der Waals surface area (Å²) < 4.78 is 22.7. The van der Waals surface area contributed by atoms with E-state index >= 15 is 0 Å². The summed E-state index contributed by atoms with van der Waals surface area (Å²) in [5, 5.41) is 10.6. The second kappa shape index (κ2) is 7.67. The summed E-state index contributed by atoms with van der Waals surface area (Å²) in [6.07, 6.45) is 6.57. The van der Waals surface area contributed by atoms with Gasteiger partial charge in [0.2, 0.25) is 10.0 Å². The van der Waals surface area contributed by atoms with Crippen LogP contribution < -0.4 is 20.7 Å². The van der Waals surface area contributed by atoms with Crippen LogP contribution in [0.4, 0.5) is 16.3 Å². The molecule has 2 aromatic rings. The maximum absolute atomic E-state index is 12.2. The smallest absolute Gasteiger partial charge is 0.319 e. The molecule has 2 amide bonds. The minimum absolute atomic E-state index is 0.0318. The Morgan fingerprint density at radius 3 is 2.65 bits per heavy atom. The van der Waals surface area contributed by atoms with E-state index in [1.165, 1.54) is 18.2 Å². The summed E-state index contributed by atoms with van der Waals surface area (Å²) >= 11 is 0. The van der Waals surface area contributed by atoms with Gasteiger partial charge in [-0.05, 0) is 31.0 Å². The van der Waals surface area contributed by atoms with E-state index in [1.54, 1.807) is 24.7 Å². The fourth-order valence-corrected chi connectivity index (χ4v) is 3.37. The maximum Gasteiger partial charge on any atom is 0.319 e. The number of aromatic nitrogens is 2. The topological polar surface area (TPSA) is 130 Å². The molecule has 138 valence electrons. The SMILES string of the molecule is NS(=O)(=O)c1cccc(NC(=O)NC2CCN(c3cnccn3)CC2)c1. The Morgan fingerprint density at radius 2 is 2.00 bits per heavy atom. The van der Waals surface area contributed by atoms with E-state index in [-0.39, 0.29) is 17.0 Å². The Labute approximate surface area is 151 Å². The molecule has 0 radical (unpaired) electrons. The summed E-state index contributed by atoms with van der Waals surface area (Å²) in [6.45, 7) is 1.54. The predicted molar refractivity (Wildman–Crippen MR) is 97.2 cm³/mol. The van der Waals surface area contributed by atoms with Crippen molar-refractivity contribution in [1.82, 2.24) is 15.3 Å². The van der Waals surface area contributed by atoms with Gasteiger partial charge in [-0.3, -0.25) is 4.98 Å². The Bertz CT molecular complexity index is 867. The number of nitrogens with zero attached hydrogens (tertiary/aromatic N) is 3. The quantitative estimate of drug-likeness (QED) is 0.727. The van der Waals surface area contributed by atoms with Gasteiger partial charge >= 0.3 is 6.03 Å². The van der Waals surface area contributed by atoms with Gasteiger partial charge in [0.1, 0.15) is 5.82 Å². The van der Waals surface area contributed by atoms with Crippen molar-refractivity contribution in [1.29, 1.82) is 0 Å². The molecule has 0 atom stereocenters. The zero-order chi connectivity index (χ0) is 18.6. The highest BCUT2D eigenvalue weighted by molar-refractivity contribution is 7.89. The van der Waals surface area contributed by atoms with E-state index in [2.05, 4.69) is 25.5 Å². The van der Waals surface area contributed by atoms with Gasteiger partial charge in [-0.25, -0.2) is 23.3 Å². The van der Waals surface area contributed by atoms with Crippen LogP contribution in [0.2, 0.25) is 0 Å². The summed E-state index contributed by atoms with van der Waals surface area (Å²) in [6, 6.07) is 5.48. The van der Waals surface area contributed by atoms with Gasteiger partial charge < -0.3 is 15.5 Å². The lowest BCUT2D eigenvalue weighted by Crippen LogP contribution is -2.46. The van der Waals surface area contributed by atoms with Crippen LogP contribution in [0.3, 0.4) is 0 Å². The standard InChI is InChI=1S/C16H20N6O3S/c17-26(24,25)14-3-1-2-13(10-14)21-16(23)20-12-4-8-22(9-5-12)15-11-18-6-7-19-15/h1-3,6-7,10-12H,4-5,8-9H2,(H2,17,24,25)(H2,20,21,23). The van der Waals surface area contributed by atoms with Crippen LogP contribution in [0.15, 0.2) is 47.8 Å². The largest absolute Gasteiger partial charge is 0.355 e. The monoisotopic (exact) mass is 376 g/mol. The molecule has 4 N–H and O–H groups in total. The van der Waals surface area contributed by atoms with E-state index in [1.807, 2.05) is 0 Å². The summed E-state index contributed by atoms with van der Waals surface area (Å²) in [5.41, 5.74) is 0.367. The Morgan fingerprint density at radius 1 is 1.23 bits per heavy atom. The molecule has 0 aliphatic carbocycles. The zero-order valence-corrected chi connectivity index (χ0v) is 14.8. The first-order chi connectivity index (χ1) is 12.4. The molecule has 0 bridgehead atoms. The number of benzene rings is 1. The number of primary sulfonamides is 1. The normalized spacial score (nSPS) is 15.5. The second-order valence-electron chi connectivity index (χ2n) is 6.00. The summed E-state index contributed by atoms with van der Waals surface area (Å²) in [7, 11) is -3.81. The molecule has 1 aromatic heterocycles. The van der Waals surface area contributed by atoms with Crippen molar-refractivity contribution in [3.63, 3.8) is 0 Å². The van der Waals surface area contributed by atoms with E-state index < -0.39 is 10.0 Å². The fraction of sp³-hybridized carbons (Fsp3) is 0.312. The van der Waals surface area contributed by atoms with E-state index in [0.29, 0.717) is 5.69 Å². The molecular weight excluding hydrogens is 356 g/mol. The number of rotatable bonds is 4. The van der Waals surface area contributed by atoms with Gasteiger partial charge in [-0.15, -0.1) is 0 Å². The van der Waals surface area contributed by atoms with Crippen LogP contribution in [-0.2, 0) is 10.0 Å². The third-order valence-corrected chi connectivity index (χ3v) is 5.04. The molecule has 1 aliphatic heterocycles. The lowest BCUT2D eigenvalue weighted by atomic mass is 10.1. The molecular formula is C16H20N6O3S. The lowest BCUT2D eigenvalue weighted by molar-refractivity contribution is 0.246. The minimum Gasteiger partial charge on any atom is -0.355 e. The Hall–Kier alpha value is -2.72. The molecule has 1 aliphatic rings. The highest BCUT2D eigenvalue weighted by Crippen LogP contribution is 2.17. The number of sulfonamides is 1. The molecule has 1 fully saturated rings. The van der Waals surface area contributed by atoms with Gasteiger partial charge in [0, 0.05) is 37.2 Å². The zero-order valence-electron chi connectivity index (χ0n) is 14.0. The van der Waals surface area contributed by atoms with Crippen molar-refractivity contribution in [3.05, 3.63) is 42.9 Å². The van der Waals surface area contributed by atoms with E-state index in [4.69, 9.17) is 5.14 Å². The number of carbonyl (C=O) groups is 1. The van der Waals surface area contributed by atoms with Gasteiger partial charge in [-0.1, -0.05) is 6.07 Å². The van der Waals surface area contributed by atoms with Crippen molar-refractivity contribution >= 4 is 27.6 Å². The number of nitrogens with one attached hydrogen (secondary N) is 2. The lowest BCUT2D eigenvalue weighted by Gasteiger charge is -2.32. The highest BCUT2D eigenvalue weighted by Gasteiger charge is 2.21. The van der Waals surface area contributed by atoms with Crippen molar-refractivity contribution < 1.29 is 13.2 Å². The number of hydrogen-bond donors (Lipinski definition) is 3. The van der Waals surface area contributed by atoms with Crippen molar-refractivity contribution in [2.75, 3.05) is 23.3 Å². The molecule has 10 heteroatoms. The number of carbonyl (C=O) groups excluding carboxylic acids is 1. The molecule has 3 rings (SSSR count). The Balaban J connectivity index is 1.52. The van der Waals surface area contributed by atoms with Crippen LogP contribution in [0.1, 0.15) is 12.8 Å². The van der Waals surface area contributed by atoms with Gasteiger partial charge in [0.15, 0.2) is 0 Å². The van der Waals surface area contributed by atoms with Crippen LogP contribution in [0.5, 0.6) is 0 Å². The molecule has 0 saturated carbocycles. The molecule has 1 aromatic carbocycles. The number of amides is 2. The molecule has 0 unspecified atom stereocenters. The van der Waals surface area contributed by atoms with Crippen LogP contribution in [0, 0.1) is 0 Å². The number of anilines is 2. The first-order valence-corrected chi connectivity index (χ1v) is 9.68. The highest BCUT2D eigenvalue weighted by atomic mass is 32.2. The molecule has 26 heavy (non-hydrogen) atoms. The first kappa shape index (κ1) is 18.1. The molecule has 2 heterocycles. The number of hydrogen-bond acceptors (Lipinski definition) is 6. The van der Waals surface area contributed by atoms with Gasteiger partial charge in [0.25, 0.3) is 0 Å². The number of piperidine rings is 1. The first-order valence-electron chi connectivity index (χ1n) is 8.13. The fourth-order valence-electron chi connectivity index (χ4n) is 2.81. The van der Waals surface area contributed by atoms with Crippen molar-refractivity contribution in [3.8, 4) is 0 Å². The van der Waals surface area contributed by atoms with E-state index in [9.17, 15) is 13.2 Å². The molecule has 0 spiro atoms. The average Bonchev–Trinajstić information content (AvgIpc) is 2.62. The molecule has 1 saturated heterocycles. The third-order valence-electron chi connectivity index (χ3n) is 4.12. The minimum atomic E-state index is -3.81. The maximum atomic E-state index is 12.2. The predicted octanol–water partition coefficient (Wildman–Crippen LogP) is 0.914. The van der Waals surface area contributed by atoms with Gasteiger partial charge in [-0.2, -0.15) is 0 Å². The average molecular weight is 376 g/mol. The third kappa shape index (κ3) is 4.67. The van der Waals surface area contributed by atoms with Gasteiger partial charge in [0.05, 0.1) is 11.1 Å². The van der Waals surface area contributed by atoms with Crippen LogP contribution >= 0.6 is 0 Å². The summed E-state index contributed by atoms with van der Waals surface area (Å²) in [4.78, 5) is 22.6. The summed E-state index contributed by atoms with van der Waals surface area (Å²) in [5.74, 6) is 0.829. The van der Waals surface area contributed by atoms with Crippen LogP contribution in [0.25, 0.3) is 0 Å². The number of nitrogens with two attached hydrogens (primary N) is 1. The van der Waals surface area contributed by atoms with Crippen molar-refractivity contribution in [2.24, 2.45) is 5.14 Å². The second-order valence-corrected chi connectivity index (χ2v) is 7.56.